The fourth-order valence-electron chi connectivity index (χ4n) is 4.08. The fourth-order valence-corrected chi connectivity index (χ4v) is 4.08. The number of hydrogen-bond acceptors (Lipinski definition) is 6. The van der Waals surface area contributed by atoms with Gasteiger partial charge in [-0.25, -0.2) is 4.98 Å². The summed E-state index contributed by atoms with van der Waals surface area (Å²) in [6, 6.07) is 4.20. The topological polar surface area (TPSA) is 153 Å². The number of aromatic nitrogens is 2. The highest BCUT2D eigenvalue weighted by molar-refractivity contribution is 6.01. The number of nitrogens with zero attached hydrogens (tertiary/aromatic N) is 2. The van der Waals surface area contributed by atoms with Crippen molar-refractivity contribution in [1.82, 2.24) is 14.9 Å². The van der Waals surface area contributed by atoms with E-state index in [-0.39, 0.29) is 35.9 Å². The molecule has 176 valence electrons. The van der Waals surface area contributed by atoms with Crippen LogP contribution in [0.15, 0.2) is 23.0 Å². The Balaban J connectivity index is 1.71. The predicted octanol–water partition coefficient (Wildman–Crippen LogP) is 1.84. The van der Waals surface area contributed by atoms with Crippen LogP contribution in [-0.2, 0) is 19.2 Å². The zero-order valence-corrected chi connectivity index (χ0v) is 18.7. The van der Waals surface area contributed by atoms with Crippen LogP contribution in [0.1, 0.15) is 69.7 Å². The lowest BCUT2D eigenvalue weighted by Crippen LogP contribution is -2.45. The quantitative estimate of drug-likeness (QED) is 0.367. The number of aryl methyl sites for hydroxylation is 1. The highest BCUT2D eigenvalue weighted by Crippen LogP contribution is 2.23. The fraction of sp³-hybridized carbons (Fsp3) is 0.478. The van der Waals surface area contributed by atoms with E-state index < -0.39 is 17.5 Å². The summed E-state index contributed by atoms with van der Waals surface area (Å²) >= 11 is 0. The van der Waals surface area contributed by atoms with Crippen LogP contribution in [-0.4, -0.2) is 33.2 Å². The molecule has 10 heteroatoms. The third-order valence-electron chi connectivity index (χ3n) is 5.73. The first-order valence-corrected chi connectivity index (χ1v) is 11.2. The Bertz CT molecular complexity index is 1140. The molecule has 4 N–H and O–H groups in total. The second kappa shape index (κ2) is 10.8. The van der Waals surface area contributed by atoms with E-state index in [1.807, 2.05) is 0 Å². The summed E-state index contributed by atoms with van der Waals surface area (Å²) < 4.78 is 1.30. The molecule has 3 rings (SSSR count). The number of carbonyl (C=O) groups excluding carboxylic acids is 4. The number of hydrogen-bond donors (Lipinski definition) is 3. The van der Waals surface area contributed by atoms with Crippen LogP contribution in [0.3, 0.4) is 0 Å². The van der Waals surface area contributed by atoms with E-state index in [4.69, 9.17) is 5.73 Å². The molecule has 1 atom stereocenters. The van der Waals surface area contributed by atoms with Gasteiger partial charge in [0.15, 0.2) is 0 Å². The van der Waals surface area contributed by atoms with Crippen molar-refractivity contribution in [1.29, 1.82) is 0 Å². The van der Waals surface area contributed by atoms with Gasteiger partial charge in [0.05, 0.1) is 16.6 Å². The number of piperidine rings is 1. The number of fused-ring (bicyclic) bond motifs is 1. The molecule has 1 aromatic carbocycles. The number of primary amides is 1. The average Bonchev–Trinajstić information content (AvgIpc) is 2.74. The molecule has 1 unspecified atom stereocenters. The lowest BCUT2D eigenvalue weighted by molar-refractivity contribution is -0.136. The molecule has 1 saturated heterocycles. The Morgan fingerprint density at radius 1 is 1.12 bits per heavy atom. The highest BCUT2D eigenvalue weighted by Gasteiger charge is 2.30. The Kier molecular flexibility index (Phi) is 7.92. The summed E-state index contributed by atoms with van der Waals surface area (Å²) in [4.78, 5) is 64.9. The monoisotopic (exact) mass is 455 g/mol. The summed E-state index contributed by atoms with van der Waals surface area (Å²) in [5.74, 6) is -1.05. The molecular formula is C23H29N5O5. The molecule has 1 aromatic heterocycles. The summed E-state index contributed by atoms with van der Waals surface area (Å²) in [6.07, 6.45) is 5.12. The molecule has 33 heavy (non-hydrogen) atoms. The molecular weight excluding hydrogens is 426 g/mol. The first-order valence-electron chi connectivity index (χ1n) is 11.2. The van der Waals surface area contributed by atoms with Crippen LogP contribution in [0, 0.1) is 6.92 Å². The normalized spacial score (nSPS) is 16.0. The van der Waals surface area contributed by atoms with E-state index in [9.17, 15) is 24.0 Å². The molecule has 10 nitrogen and oxygen atoms in total. The molecule has 0 saturated carbocycles. The molecule has 0 radical (unpaired) electrons. The number of anilines is 1. The number of imide groups is 1. The van der Waals surface area contributed by atoms with Crippen molar-refractivity contribution in [2.24, 2.45) is 5.73 Å². The van der Waals surface area contributed by atoms with Crippen molar-refractivity contribution in [3.05, 3.63) is 34.4 Å². The van der Waals surface area contributed by atoms with Crippen molar-refractivity contribution in [3.63, 3.8) is 0 Å². The zero-order chi connectivity index (χ0) is 24.0. The second-order valence-electron chi connectivity index (χ2n) is 8.28. The summed E-state index contributed by atoms with van der Waals surface area (Å²) in [5.41, 5.74) is 5.45. The van der Waals surface area contributed by atoms with Crippen LogP contribution in [0.2, 0.25) is 0 Å². The Morgan fingerprint density at radius 3 is 2.52 bits per heavy atom. The van der Waals surface area contributed by atoms with Crippen LogP contribution >= 0.6 is 0 Å². The molecule has 2 heterocycles. The van der Waals surface area contributed by atoms with E-state index in [2.05, 4.69) is 15.6 Å². The van der Waals surface area contributed by atoms with Crippen molar-refractivity contribution in [2.75, 3.05) is 5.32 Å². The number of amides is 4. The maximum atomic E-state index is 13.4. The number of unbranched alkanes of at least 4 members (excludes halogenated alkanes) is 4. The van der Waals surface area contributed by atoms with E-state index >= 15 is 0 Å². The average molecular weight is 456 g/mol. The van der Waals surface area contributed by atoms with E-state index in [0.717, 1.165) is 25.7 Å². The van der Waals surface area contributed by atoms with Crippen molar-refractivity contribution >= 4 is 40.2 Å². The number of nitrogens with one attached hydrogen (secondary N) is 2. The molecule has 2 aromatic rings. The van der Waals surface area contributed by atoms with E-state index in [1.54, 1.807) is 25.1 Å². The van der Waals surface area contributed by atoms with Gasteiger partial charge < -0.3 is 11.1 Å². The van der Waals surface area contributed by atoms with Crippen molar-refractivity contribution in [3.8, 4) is 0 Å². The van der Waals surface area contributed by atoms with Gasteiger partial charge >= 0.3 is 0 Å². The van der Waals surface area contributed by atoms with Crippen molar-refractivity contribution < 1.29 is 19.2 Å². The summed E-state index contributed by atoms with van der Waals surface area (Å²) in [6.45, 7) is 1.64. The minimum absolute atomic E-state index is 0.140. The van der Waals surface area contributed by atoms with Gasteiger partial charge in [-0.15, -0.1) is 0 Å². The summed E-state index contributed by atoms with van der Waals surface area (Å²) in [5, 5.41) is 5.30. The number of carbonyl (C=O) groups is 4. The second-order valence-corrected chi connectivity index (χ2v) is 8.28. The van der Waals surface area contributed by atoms with E-state index in [0.29, 0.717) is 36.3 Å². The van der Waals surface area contributed by atoms with Gasteiger partial charge in [0.1, 0.15) is 11.9 Å². The molecule has 4 amide bonds. The third-order valence-corrected chi connectivity index (χ3v) is 5.73. The molecule has 0 spiro atoms. The van der Waals surface area contributed by atoms with E-state index in [1.165, 1.54) is 4.57 Å². The largest absolute Gasteiger partial charge is 0.370 e. The van der Waals surface area contributed by atoms with Gasteiger partial charge in [-0.2, -0.15) is 0 Å². The van der Waals surface area contributed by atoms with Crippen LogP contribution < -0.4 is 21.9 Å². The van der Waals surface area contributed by atoms with Crippen LogP contribution in [0.25, 0.3) is 10.9 Å². The Hall–Kier alpha value is -3.56. The minimum Gasteiger partial charge on any atom is -0.370 e. The van der Waals surface area contributed by atoms with Crippen molar-refractivity contribution in [2.45, 2.75) is 70.8 Å². The maximum Gasteiger partial charge on any atom is 0.264 e. The van der Waals surface area contributed by atoms with Crippen LogP contribution in [0.5, 0.6) is 0 Å². The first kappa shape index (κ1) is 24.1. The molecule has 1 fully saturated rings. The zero-order valence-electron chi connectivity index (χ0n) is 18.7. The highest BCUT2D eigenvalue weighted by atomic mass is 16.2. The molecule has 0 bridgehead atoms. The Labute approximate surface area is 190 Å². The van der Waals surface area contributed by atoms with Gasteiger partial charge in [0.25, 0.3) is 5.56 Å². The lowest BCUT2D eigenvalue weighted by atomic mass is 10.1. The standard InChI is InChI=1S/C23H29N5O5/c1-14-25-15-8-7-9-16(26-19(30)11-6-4-2-3-5-10-18(24)29)21(15)23(33)28(14)17-12-13-20(31)27-22(17)32/h7-9,17H,2-6,10-13H2,1H3,(H2,24,29)(H,26,30)(H,27,31,32). The van der Waals surface area contributed by atoms with Gasteiger partial charge in [0, 0.05) is 19.3 Å². The van der Waals surface area contributed by atoms with Gasteiger partial charge in [-0.05, 0) is 38.3 Å². The number of rotatable bonds is 10. The summed E-state index contributed by atoms with van der Waals surface area (Å²) in [7, 11) is 0. The Morgan fingerprint density at radius 2 is 1.82 bits per heavy atom. The molecule has 1 aliphatic rings. The minimum atomic E-state index is -0.828. The SMILES string of the molecule is Cc1nc2cccc(NC(=O)CCCCCCCC(N)=O)c2c(=O)n1C1CCC(=O)NC1=O. The number of nitrogens with two attached hydrogens (primary N) is 1. The predicted molar refractivity (Wildman–Crippen MR) is 122 cm³/mol. The molecule has 0 aliphatic carbocycles. The maximum absolute atomic E-state index is 13.4. The number of benzene rings is 1. The van der Waals surface area contributed by atoms with Gasteiger partial charge in [-0.1, -0.05) is 25.3 Å². The third kappa shape index (κ3) is 6.03. The van der Waals surface area contributed by atoms with Crippen LogP contribution in [0.4, 0.5) is 5.69 Å². The lowest BCUT2D eigenvalue weighted by Gasteiger charge is -2.24. The van der Waals surface area contributed by atoms with Gasteiger partial charge in [-0.3, -0.25) is 33.9 Å². The smallest absolute Gasteiger partial charge is 0.264 e. The molecule has 1 aliphatic heterocycles. The van der Waals surface area contributed by atoms with Gasteiger partial charge in [0.2, 0.25) is 23.6 Å². The first-order chi connectivity index (χ1) is 15.8.